The van der Waals surface area contributed by atoms with Crippen LogP contribution in [0.5, 0.6) is 0 Å². The molecule has 1 fully saturated rings. The number of nitrogen functional groups attached to an aromatic ring is 1. The molecule has 30 heavy (non-hydrogen) atoms. The SMILES string of the molecule is C[C@@H](OC(=O)c1ccc([N+](=O)[O-])cc1N)C(=O)Nc1ccc(N2CCOCC2)cc1. The molecular formula is C20H22N4O6. The van der Waals surface area contributed by atoms with E-state index in [0.717, 1.165) is 30.9 Å². The van der Waals surface area contributed by atoms with Crippen molar-refractivity contribution in [3.8, 4) is 0 Å². The lowest BCUT2D eigenvalue weighted by Crippen LogP contribution is -2.36. The summed E-state index contributed by atoms with van der Waals surface area (Å²) in [6.45, 7) is 4.41. The number of hydrogen-bond acceptors (Lipinski definition) is 8. The number of benzene rings is 2. The molecule has 1 heterocycles. The topological polar surface area (TPSA) is 137 Å². The zero-order valence-electron chi connectivity index (χ0n) is 16.4. The van der Waals surface area contributed by atoms with Crippen LogP contribution in [0.4, 0.5) is 22.7 Å². The minimum absolute atomic E-state index is 0.0462. The Morgan fingerprint density at radius 3 is 2.47 bits per heavy atom. The van der Waals surface area contributed by atoms with Gasteiger partial charge >= 0.3 is 5.97 Å². The molecule has 0 radical (unpaired) electrons. The number of non-ortho nitro benzene ring substituents is 1. The van der Waals surface area contributed by atoms with Crippen LogP contribution in [0.2, 0.25) is 0 Å². The number of nitrogens with one attached hydrogen (secondary N) is 1. The van der Waals surface area contributed by atoms with Crippen LogP contribution < -0.4 is 16.0 Å². The molecule has 1 atom stereocenters. The molecule has 0 aromatic heterocycles. The van der Waals surface area contributed by atoms with Crippen molar-refractivity contribution in [3.63, 3.8) is 0 Å². The first-order valence-electron chi connectivity index (χ1n) is 9.33. The van der Waals surface area contributed by atoms with Crippen molar-refractivity contribution in [2.24, 2.45) is 0 Å². The molecule has 0 bridgehead atoms. The first-order valence-corrected chi connectivity index (χ1v) is 9.33. The standard InChI is InChI=1S/C20H22N4O6/c1-13(30-20(26)17-7-6-16(24(27)28)12-18(17)21)19(25)22-14-2-4-15(5-3-14)23-8-10-29-11-9-23/h2-7,12-13H,8-11,21H2,1H3,(H,22,25)/t13-/m1/s1. The number of esters is 1. The summed E-state index contributed by atoms with van der Waals surface area (Å²) in [5, 5.41) is 13.4. The van der Waals surface area contributed by atoms with Gasteiger partial charge in [-0.3, -0.25) is 14.9 Å². The van der Waals surface area contributed by atoms with Crippen LogP contribution in [0.25, 0.3) is 0 Å². The lowest BCUT2D eigenvalue weighted by atomic mass is 10.1. The van der Waals surface area contributed by atoms with Gasteiger partial charge in [0.25, 0.3) is 11.6 Å². The molecule has 1 aliphatic rings. The third kappa shape index (κ3) is 5.03. The third-order valence-electron chi connectivity index (χ3n) is 4.63. The highest BCUT2D eigenvalue weighted by Crippen LogP contribution is 2.22. The quantitative estimate of drug-likeness (QED) is 0.318. The molecule has 0 spiro atoms. The molecule has 10 nitrogen and oxygen atoms in total. The molecule has 0 saturated carbocycles. The molecule has 1 amide bonds. The molecule has 10 heteroatoms. The van der Waals surface area contributed by atoms with Gasteiger partial charge in [0.1, 0.15) is 0 Å². The van der Waals surface area contributed by atoms with Gasteiger partial charge in [0, 0.05) is 36.6 Å². The molecule has 3 N–H and O–H groups in total. The van der Waals surface area contributed by atoms with Gasteiger partial charge in [0.2, 0.25) is 0 Å². The average molecular weight is 414 g/mol. The van der Waals surface area contributed by atoms with Crippen LogP contribution in [0.3, 0.4) is 0 Å². The summed E-state index contributed by atoms with van der Waals surface area (Å²) >= 11 is 0. The van der Waals surface area contributed by atoms with E-state index in [1.807, 2.05) is 12.1 Å². The average Bonchev–Trinajstić information content (AvgIpc) is 2.74. The van der Waals surface area contributed by atoms with Gasteiger partial charge in [-0.15, -0.1) is 0 Å². The first-order chi connectivity index (χ1) is 14.3. The molecule has 1 saturated heterocycles. The second kappa shape index (κ2) is 9.23. The summed E-state index contributed by atoms with van der Waals surface area (Å²) in [7, 11) is 0. The van der Waals surface area contributed by atoms with Gasteiger partial charge in [0.15, 0.2) is 6.10 Å². The van der Waals surface area contributed by atoms with Gasteiger partial charge in [-0.1, -0.05) is 0 Å². The number of ether oxygens (including phenoxy) is 2. The van der Waals surface area contributed by atoms with Crippen molar-refractivity contribution in [2.75, 3.05) is 42.3 Å². The lowest BCUT2D eigenvalue weighted by Gasteiger charge is -2.28. The number of anilines is 3. The van der Waals surface area contributed by atoms with Crippen molar-refractivity contribution in [3.05, 3.63) is 58.1 Å². The van der Waals surface area contributed by atoms with E-state index in [1.165, 1.54) is 13.0 Å². The van der Waals surface area contributed by atoms with Crippen LogP contribution in [-0.2, 0) is 14.3 Å². The maximum absolute atomic E-state index is 12.4. The van der Waals surface area contributed by atoms with Crippen LogP contribution in [0.15, 0.2) is 42.5 Å². The highest BCUT2D eigenvalue weighted by Gasteiger charge is 2.22. The zero-order chi connectivity index (χ0) is 21.7. The Bertz CT molecular complexity index is 941. The van der Waals surface area contributed by atoms with Crippen molar-refractivity contribution >= 4 is 34.6 Å². The monoisotopic (exact) mass is 414 g/mol. The number of hydrogen-bond donors (Lipinski definition) is 2. The van der Waals surface area contributed by atoms with Gasteiger partial charge in [-0.25, -0.2) is 4.79 Å². The van der Waals surface area contributed by atoms with Crippen LogP contribution >= 0.6 is 0 Å². The molecule has 0 unspecified atom stereocenters. The summed E-state index contributed by atoms with van der Waals surface area (Å²) in [5.41, 5.74) is 6.91. The molecule has 3 rings (SSSR count). The number of rotatable bonds is 6. The summed E-state index contributed by atoms with van der Waals surface area (Å²) in [6, 6.07) is 10.7. The first kappa shape index (κ1) is 21.1. The number of amides is 1. The number of carbonyl (C=O) groups is 2. The maximum Gasteiger partial charge on any atom is 0.341 e. The predicted molar refractivity (Wildman–Crippen MR) is 110 cm³/mol. The van der Waals surface area contributed by atoms with Crippen LogP contribution in [-0.4, -0.2) is 49.2 Å². The van der Waals surface area contributed by atoms with Gasteiger partial charge < -0.3 is 25.4 Å². The summed E-state index contributed by atoms with van der Waals surface area (Å²) in [4.78, 5) is 37.0. The fraction of sp³-hybridized carbons (Fsp3) is 0.300. The maximum atomic E-state index is 12.4. The fourth-order valence-electron chi connectivity index (χ4n) is 2.95. The normalized spacial score (nSPS) is 14.6. The van der Waals surface area contributed by atoms with Crippen LogP contribution in [0.1, 0.15) is 17.3 Å². The Hall–Kier alpha value is -3.66. The van der Waals surface area contributed by atoms with E-state index in [0.29, 0.717) is 18.9 Å². The fourth-order valence-corrected chi connectivity index (χ4v) is 2.95. The number of nitro benzene ring substituents is 1. The highest BCUT2D eigenvalue weighted by atomic mass is 16.6. The van der Waals surface area contributed by atoms with Gasteiger partial charge in [-0.05, 0) is 37.3 Å². The van der Waals surface area contributed by atoms with E-state index in [1.54, 1.807) is 12.1 Å². The Morgan fingerprint density at radius 2 is 1.87 bits per heavy atom. The molecule has 2 aromatic carbocycles. The Kier molecular flexibility index (Phi) is 6.48. The Balaban J connectivity index is 1.57. The molecule has 0 aliphatic carbocycles. The molecular weight excluding hydrogens is 392 g/mol. The largest absolute Gasteiger partial charge is 0.449 e. The zero-order valence-corrected chi connectivity index (χ0v) is 16.4. The Morgan fingerprint density at radius 1 is 1.20 bits per heavy atom. The van der Waals surface area contributed by atoms with Crippen LogP contribution in [0, 0.1) is 10.1 Å². The van der Waals surface area contributed by atoms with Crippen molar-refractivity contribution in [1.82, 2.24) is 0 Å². The number of carbonyl (C=O) groups excluding carboxylic acids is 2. The van der Waals surface area contributed by atoms with E-state index in [-0.39, 0.29) is 16.9 Å². The van der Waals surface area contributed by atoms with Gasteiger partial charge in [0.05, 0.1) is 29.4 Å². The molecule has 1 aliphatic heterocycles. The third-order valence-corrected chi connectivity index (χ3v) is 4.63. The summed E-state index contributed by atoms with van der Waals surface area (Å²) in [6.07, 6.45) is -1.09. The second-order valence-electron chi connectivity index (χ2n) is 6.71. The number of nitrogens with two attached hydrogens (primary N) is 1. The molecule has 2 aromatic rings. The van der Waals surface area contributed by atoms with E-state index in [2.05, 4.69) is 10.2 Å². The highest BCUT2D eigenvalue weighted by molar-refractivity contribution is 5.99. The second-order valence-corrected chi connectivity index (χ2v) is 6.71. The minimum Gasteiger partial charge on any atom is -0.449 e. The van der Waals surface area contributed by atoms with E-state index < -0.39 is 22.9 Å². The van der Waals surface area contributed by atoms with E-state index in [4.69, 9.17) is 15.2 Å². The number of nitro groups is 1. The molecule has 158 valence electrons. The lowest BCUT2D eigenvalue weighted by molar-refractivity contribution is -0.384. The van der Waals surface area contributed by atoms with Crippen molar-refractivity contribution in [1.29, 1.82) is 0 Å². The summed E-state index contributed by atoms with van der Waals surface area (Å²) < 4.78 is 10.5. The van der Waals surface area contributed by atoms with Crippen molar-refractivity contribution < 1.29 is 24.0 Å². The van der Waals surface area contributed by atoms with Crippen molar-refractivity contribution in [2.45, 2.75) is 13.0 Å². The Labute approximate surface area is 172 Å². The van der Waals surface area contributed by atoms with Gasteiger partial charge in [-0.2, -0.15) is 0 Å². The van der Waals surface area contributed by atoms with E-state index in [9.17, 15) is 19.7 Å². The smallest absolute Gasteiger partial charge is 0.341 e. The number of nitrogens with zero attached hydrogens (tertiary/aromatic N) is 2. The summed E-state index contributed by atoms with van der Waals surface area (Å²) in [5.74, 6) is -1.35. The predicted octanol–water partition coefficient (Wildman–Crippen LogP) is 2.20. The minimum atomic E-state index is -1.09. The van der Waals surface area contributed by atoms with E-state index >= 15 is 0 Å². The number of morpholine rings is 1.